The molecule has 4 rings (SSSR count). The molecule has 3 aromatic carbocycles. The van der Waals surface area contributed by atoms with Crippen LogP contribution in [0.25, 0.3) is 11.1 Å². The van der Waals surface area contributed by atoms with Crippen molar-refractivity contribution in [3.05, 3.63) is 89.5 Å². The minimum absolute atomic E-state index is 0.0420. The van der Waals surface area contributed by atoms with Gasteiger partial charge in [0.15, 0.2) is 0 Å². The zero-order chi connectivity index (χ0) is 17.9. The monoisotopic (exact) mass is 343 g/mol. The molecule has 3 nitrogen and oxygen atoms in total. The molecule has 0 bridgehead atoms. The van der Waals surface area contributed by atoms with Crippen LogP contribution in [0.5, 0.6) is 5.75 Å². The van der Waals surface area contributed by atoms with Crippen molar-refractivity contribution in [3.8, 4) is 16.9 Å². The fraction of sp³-hybridized carbons (Fsp3) is 0.174. The molecule has 3 aromatic rings. The van der Waals surface area contributed by atoms with Gasteiger partial charge in [-0.1, -0.05) is 72.3 Å². The lowest BCUT2D eigenvalue weighted by Crippen LogP contribution is -2.41. The Balaban J connectivity index is 1.64. The Morgan fingerprint density at radius 3 is 2.35 bits per heavy atom. The fourth-order valence-electron chi connectivity index (χ4n) is 3.15. The molecule has 1 heterocycles. The van der Waals surface area contributed by atoms with E-state index in [-0.39, 0.29) is 11.9 Å². The maximum Gasteiger partial charge on any atom is 0.222 e. The average Bonchev–Trinajstić information content (AvgIpc) is 2.65. The van der Waals surface area contributed by atoms with Crippen molar-refractivity contribution in [2.24, 2.45) is 0 Å². The molecular weight excluding hydrogens is 322 g/mol. The van der Waals surface area contributed by atoms with Crippen LogP contribution in [0.15, 0.2) is 72.8 Å². The minimum atomic E-state index is 0.0420. The van der Waals surface area contributed by atoms with Gasteiger partial charge in [0.1, 0.15) is 12.4 Å². The van der Waals surface area contributed by atoms with Gasteiger partial charge < -0.3 is 10.1 Å². The number of benzene rings is 3. The van der Waals surface area contributed by atoms with Gasteiger partial charge in [-0.3, -0.25) is 4.79 Å². The average molecular weight is 343 g/mol. The Hall–Kier alpha value is -3.07. The second-order valence-corrected chi connectivity index (χ2v) is 6.72. The molecule has 1 saturated heterocycles. The quantitative estimate of drug-likeness (QED) is 0.676. The molecular formula is C23H21NO2. The third kappa shape index (κ3) is 3.47. The molecule has 130 valence electrons. The third-order valence-corrected chi connectivity index (χ3v) is 4.74. The van der Waals surface area contributed by atoms with Crippen molar-refractivity contribution in [1.29, 1.82) is 0 Å². The Bertz CT molecular complexity index is 909. The minimum Gasteiger partial charge on any atom is -0.489 e. The molecule has 26 heavy (non-hydrogen) atoms. The predicted molar refractivity (Wildman–Crippen MR) is 103 cm³/mol. The lowest BCUT2D eigenvalue weighted by molar-refractivity contribution is -0.128. The summed E-state index contributed by atoms with van der Waals surface area (Å²) in [7, 11) is 0. The van der Waals surface area contributed by atoms with E-state index >= 15 is 0 Å². The molecule has 3 heteroatoms. The number of ether oxygens (including phenoxy) is 1. The molecule has 1 fully saturated rings. The molecule has 1 amide bonds. The fourth-order valence-corrected chi connectivity index (χ4v) is 3.15. The van der Waals surface area contributed by atoms with Crippen LogP contribution in [0.4, 0.5) is 0 Å². The van der Waals surface area contributed by atoms with Crippen LogP contribution in [0.2, 0.25) is 0 Å². The standard InChI is InChI=1S/C23H21NO2/c1-16-7-9-18(10-8-16)19-11-12-20(21-14-23(25)24-21)22(13-19)26-15-17-5-3-2-4-6-17/h2-13,21H,14-15H2,1H3,(H,24,25). The number of carbonyl (C=O) groups excluding carboxylic acids is 1. The molecule has 0 spiro atoms. The summed E-state index contributed by atoms with van der Waals surface area (Å²) in [4.78, 5) is 11.3. The van der Waals surface area contributed by atoms with E-state index in [1.54, 1.807) is 0 Å². The van der Waals surface area contributed by atoms with Gasteiger partial charge in [0.25, 0.3) is 0 Å². The molecule has 1 N–H and O–H groups in total. The number of aryl methyl sites for hydroxylation is 1. The lowest BCUT2D eigenvalue weighted by Gasteiger charge is -2.29. The van der Waals surface area contributed by atoms with Gasteiger partial charge in [-0.15, -0.1) is 0 Å². The highest BCUT2D eigenvalue weighted by molar-refractivity contribution is 5.84. The summed E-state index contributed by atoms with van der Waals surface area (Å²) in [5.74, 6) is 0.920. The largest absolute Gasteiger partial charge is 0.489 e. The molecule has 0 aromatic heterocycles. The second-order valence-electron chi connectivity index (χ2n) is 6.72. The first-order valence-electron chi connectivity index (χ1n) is 8.86. The lowest BCUT2D eigenvalue weighted by atomic mass is 9.93. The second kappa shape index (κ2) is 7.04. The Morgan fingerprint density at radius 1 is 0.962 bits per heavy atom. The van der Waals surface area contributed by atoms with Gasteiger partial charge >= 0.3 is 0 Å². The highest BCUT2D eigenvalue weighted by atomic mass is 16.5. The van der Waals surface area contributed by atoms with Gasteiger partial charge in [-0.2, -0.15) is 0 Å². The van der Waals surface area contributed by atoms with E-state index < -0.39 is 0 Å². The van der Waals surface area contributed by atoms with Crippen molar-refractivity contribution >= 4 is 5.91 Å². The van der Waals surface area contributed by atoms with Crippen molar-refractivity contribution in [2.45, 2.75) is 26.0 Å². The first kappa shape index (κ1) is 16.4. The zero-order valence-corrected chi connectivity index (χ0v) is 14.7. The molecule has 1 unspecified atom stereocenters. The number of hydrogen-bond acceptors (Lipinski definition) is 2. The smallest absolute Gasteiger partial charge is 0.222 e. The zero-order valence-electron chi connectivity index (χ0n) is 14.7. The first-order chi connectivity index (χ1) is 12.7. The van der Waals surface area contributed by atoms with Crippen LogP contribution < -0.4 is 10.1 Å². The van der Waals surface area contributed by atoms with E-state index in [1.165, 1.54) is 5.56 Å². The summed E-state index contributed by atoms with van der Waals surface area (Å²) >= 11 is 0. The maximum absolute atomic E-state index is 11.3. The van der Waals surface area contributed by atoms with Gasteiger partial charge in [0.2, 0.25) is 5.91 Å². The van der Waals surface area contributed by atoms with Crippen LogP contribution in [0.1, 0.15) is 29.2 Å². The van der Waals surface area contributed by atoms with E-state index in [0.29, 0.717) is 13.0 Å². The Morgan fingerprint density at radius 2 is 1.65 bits per heavy atom. The first-order valence-corrected chi connectivity index (χ1v) is 8.86. The summed E-state index contributed by atoms with van der Waals surface area (Å²) in [6.45, 7) is 2.59. The number of carbonyl (C=O) groups is 1. The number of hydrogen-bond donors (Lipinski definition) is 1. The highest BCUT2D eigenvalue weighted by Gasteiger charge is 2.29. The predicted octanol–water partition coefficient (Wildman–Crippen LogP) is 4.80. The highest BCUT2D eigenvalue weighted by Crippen LogP contribution is 2.35. The number of β-lactam (4-membered cyclic amide) rings is 1. The summed E-state index contributed by atoms with van der Waals surface area (Å²) in [5, 5.41) is 2.95. The van der Waals surface area contributed by atoms with E-state index in [1.807, 2.05) is 18.2 Å². The van der Waals surface area contributed by atoms with E-state index in [0.717, 1.165) is 28.0 Å². The van der Waals surface area contributed by atoms with Crippen LogP contribution in [0, 0.1) is 6.92 Å². The van der Waals surface area contributed by atoms with Crippen LogP contribution in [0.3, 0.4) is 0 Å². The van der Waals surface area contributed by atoms with Gasteiger partial charge in [0, 0.05) is 5.56 Å². The van der Waals surface area contributed by atoms with E-state index in [2.05, 4.69) is 66.8 Å². The van der Waals surface area contributed by atoms with Crippen molar-refractivity contribution in [2.75, 3.05) is 0 Å². The van der Waals surface area contributed by atoms with E-state index in [9.17, 15) is 4.79 Å². The molecule has 1 aliphatic heterocycles. The summed E-state index contributed by atoms with van der Waals surface area (Å²) < 4.78 is 6.15. The van der Waals surface area contributed by atoms with Crippen LogP contribution in [-0.4, -0.2) is 5.91 Å². The van der Waals surface area contributed by atoms with Crippen LogP contribution >= 0.6 is 0 Å². The summed E-state index contributed by atoms with van der Waals surface area (Å²) in [6, 6.07) is 24.9. The molecule has 0 saturated carbocycles. The van der Waals surface area contributed by atoms with E-state index in [4.69, 9.17) is 4.74 Å². The van der Waals surface area contributed by atoms with Gasteiger partial charge in [0.05, 0.1) is 12.5 Å². The number of nitrogens with one attached hydrogen (secondary N) is 1. The number of rotatable bonds is 5. The third-order valence-electron chi connectivity index (χ3n) is 4.74. The SMILES string of the molecule is Cc1ccc(-c2ccc(C3CC(=O)N3)c(OCc3ccccc3)c2)cc1. The Labute approximate surface area is 153 Å². The molecule has 1 atom stereocenters. The van der Waals surface area contributed by atoms with Gasteiger partial charge in [-0.05, 0) is 29.7 Å². The van der Waals surface area contributed by atoms with Crippen LogP contribution in [-0.2, 0) is 11.4 Å². The number of amides is 1. The normalized spacial score (nSPS) is 15.9. The summed E-state index contributed by atoms with van der Waals surface area (Å²) in [6.07, 6.45) is 0.519. The van der Waals surface area contributed by atoms with Crippen molar-refractivity contribution in [3.63, 3.8) is 0 Å². The molecule has 1 aliphatic rings. The molecule has 0 aliphatic carbocycles. The maximum atomic E-state index is 11.3. The van der Waals surface area contributed by atoms with Crippen molar-refractivity contribution in [1.82, 2.24) is 5.32 Å². The van der Waals surface area contributed by atoms with Gasteiger partial charge in [-0.25, -0.2) is 0 Å². The summed E-state index contributed by atoms with van der Waals surface area (Å²) in [5.41, 5.74) is 5.67. The Kier molecular flexibility index (Phi) is 4.44. The molecule has 0 radical (unpaired) electrons. The topological polar surface area (TPSA) is 38.3 Å². The van der Waals surface area contributed by atoms with Crippen molar-refractivity contribution < 1.29 is 9.53 Å².